The van der Waals surface area contributed by atoms with Crippen LogP contribution in [0.15, 0.2) is 59.3 Å². The lowest BCUT2D eigenvalue weighted by atomic mass is 9.61. The summed E-state index contributed by atoms with van der Waals surface area (Å²) in [5.41, 5.74) is 0.963. The Morgan fingerprint density at radius 3 is 2.56 bits per heavy atom. The van der Waals surface area contributed by atoms with Crippen LogP contribution in [0.5, 0.6) is 0 Å². The number of hydrogen-bond acceptors (Lipinski definition) is 2. The summed E-state index contributed by atoms with van der Waals surface area (Å²) in [5, 5.41) is 19.7. The highest BCUT2D eigenvalue weighted by Crippen LogP contribution is 2.67. The molecule has 0 aromatic rings. The molecule has 2 nitrogen and oxygen atoms in total. The first kappa shape index (κ1) is 25.4. The van der Waals surface area contributed by atoms with Crippen LogP contribution in [0.4, 0.5) is 17.6 Å². The van der Waals surface area contributed by atoms with E-state index in [0.29, 0.717) is 24.3 Å². The van der Waals surface area contributed by atoms with E-state index in [1.165, 1.54) is 17.2 Å². The number of alkyl halides is 4. The molecule has 2 N–H and O–H groups in total. The predicted molar refractivity (Wildman–Crippen MR) is 126 cm³/mol. The number of aliphatic hydroxyl groups is 2. The van der Waals surface area contributed by atoms with Crippen molar-refractivity contribution in [2.24, 2.45) is 16.7 Å². The molecule has 0 spiro atoms. The van der Waals surface area contributed by atoms with Crippen molar-refractivity contribution in [2.45, 2.75) is 95.7 Å². The van der Waals surface area contributed by atoms with Gasteiger partial charge in [-0.3, -0.25) is 0 Å². The largest absolute Gasteiger partial charge is 0.420 e. The van der Waals surface area contributed by atoms with Gasteiger partial charge in [-0.2, -0.15) is 13.2 Å². The van der Waals surface area contributed by atoms with E-state index in [1.807, 2.05) is 6.08 Å². The highest BCUT2D eigenvalue weighted by molar-refractivity contribution is 5.42. The van der Waals surface area contributed by atoms with Crippen molar-refractivity contribution >= 4 is 0 Å². The number of aliphatic hydroxyl groups excluding tert-OH is 1. The van der Waals surface area contributed by atoms with Crippen LogP contribution in [0, 0.1) is 16.7 Å². The summed E-state index contributed by atoms with van der Waals surface area (Å²) in [6.45, 7) is 6.95. The molecule has 0 bridgehead atoms. The lowest BCUT2D eigenvalue weighted by molar-refractivity contribution is -0.232. The highest BCUT2D eigenvalue weighted by atomic mass is 19.4. The Morgan fingerprint density at radius 2 is 1.91 bits per heavy atom. The second-order valence-electron chi connectivity index (χ2n) is 11.2. The molecule has 0 aliphatic heterocycles. The zero-order valence-corrected chi connectivity index (χ0v) is 20.1. The summed E-state index contributed by atoms with van der Waals surface area (Å²) in [7, 11) is 0. The van der Waals surface area contributed by atoms with Gasteiger partial charge in [-0.15, -0.1) is 0 Å². The van der Waals surface area contributed by atoms with E-state index in [2.05, 4.69) is 25.7 Å². The molecule has 4 aliphatic carbocycles. The SMILES string of the molecule is C=C1/C(=C\C=C2/CCC[C@]3(C)C(C4(C/C=C/C(C)(O)C(F)(F)F)CC4)=CCC23)CC(O)C[C@@H]1F. The van der Waals surface area contributed by atoms with Gasteiger partial charge in [-0.05, 0) is 92.3 Å². The highest BCUT2D eigenvalue weighted by Gasteiger charge is 2.56. The normalized spacial score (nSPS) is 37.7. The van der Waals surface area contributed by atoms with Crippen LogP contribution < -0.4 is 0 Å². The molecule has 5 atom stereocenters. The first-order valence-corrected chi connectivity index (χ1v) is 12.4. The third kappa shape index (κ3) is 4.60. The Labute approximate surface area is 199 Å². The van der Waals surface area contributed by atoms with E-state index < -0.39 is 24.1 Å². The van der Waals surface area contributed by atoms with E-state index in [-0.39, 0.29) is 17.3 Å². The van der Waals surface area contributed by atoms with Gasteiger partial charge in [0.1, 0.15) is 6.17 Å². The van der Waals surface area contributed by atoms with Gasteiger partial charge < -0.3 is 10.2 Å². The number of allylic oxidation sites excluding steroid dienone is 7. The monoisotopic (exact) mass is 480 g/mol. The minimum absolute atomic E-state index is 0.0365. The maximum Gasteiger partial charge on any atom is 0.420 e. The van der Waals surface area contributed by atoms with Crippen LogP contribution in [-0.4, -0.2) is 34.3 Å². The van der Waals surface area contributed by atoms with Crippen molar-refractivity contribution in [1.29, 1.82) is 0 Å². The quantitative estimate of drug-likeness (QED) is 0.327. The second-order valence-corrected chi connectivity index (χ2v) is 11.2. The van der Waals surface area contributed by atoms with Gasteiger partial charge in [0.15, 0.2) is 5.60 Å². The molecule has 0 aromatic carbocycles. The van der Waals surface area contributed by atoms with E-state index in [0.717, 1.165) is 57.1 Å². The summed E-state index contributed by atoms with van der Waals surface area (Å²) in [4.78, 5) is 0. The van der Waals surface area contributed by atoms with E-state index in [1.54, 1.807) is 0 Å². The fourth-order valence-electron chi connectivity index (χ4n) is 6.42. The molecule has 6 heteroatoms. The van der Waals surface area contributed by atoms with Crippen molar-refractivity contribution in [3.05, 3.63) is 59.3 Å². The fourth-order valence-corrected chi connectivity index (χ4v) is 6.42. The van der Waals surface area contributed by atoms with Gasteiger partial charge in [-0.25, -0.2) is 4.39 Å². The van der Waals surface area contributed by atoms with Gasteiger partial charge >= 0.3 is 6.18 Å². The molecule has 0 radical (unpaired) electrons. The van der Waals surface area contributed by atoms with Crippen LogP contribution in [0.25, 0.3) is 0 Å². The van der Waals surface area contributed by atoms with Crippen molar-refractivity contribution in [3.63, 3.8) is 0 Å². The van der Waals surface area contributed by atoms with Crippen LogP contribution in [0.1, 0.15) is 71.6 Å². The molecule has 188 valence electrons. The molecular weight excluding hydrogens is 444 g/mol. The van der Waals surface area contributed by atoms with Gasteiger partial charge in [-0.1, -0.05) is 49.0 Å². The molecular formula is C28H36F4O2. The third-order valence-corrected chi connectivity index (χ3v) is 8.72. The summed E-state index contributed by atoms with van der Waals surface area (Å²) < 4.78 is 53.2. The summed E-state index contributed by atoms with van der Waals surface area (Å²) in [6, 6.07) is 0. The molecule has 34 heavy (non-hydrogen) atoms. The molecule has 0 amide bonds. The van der Waals surface area contributed by atoms with Gasteiger partial charge in [0.25, 0.3) is 0 Å². The maximum absolute atomic E-state index is 14.1. The number of halogens is 4. The van der Waals surface area contributed by atoms with Crippen LogP contribution in [-0.2, 0) is 0 Å². The van der Waals surface area contributed by atoms with Crippen LogP contribution >= 0.6 is 0 Å². The van der Waals surface area contributed by atoms with Crippen LogP contribution in [0.3, 0.4) is 0 Å². The number of hydrogen-bond donors (Lipinski definition) is 2. The molecule has 0 aromatic heterocycles. The van der Waals surface area contributed by atoms with E-state index in [4.69, 9.17) is 0 Å². The van der Waals surface area contributed by atoms with Crippen molar-refractivity contribution in [3.8, 4) is 0 Å². The summed E-state index contributed by atoms with van der Waals surface area (Å²) in [5.74, 6) is 0.329. The van der Waals surface area contributed by atoms with Crippen molar-refractivity contribution in [2.75, 3.05) is 0 Å². The predicted octanol–water partition coefficient (Wildman–Crippen LogP) is 7.06. The molecule has 3 fully saturated rings. The first-order chi connectivity index (χ1) is 15.8. The summed E-state index contributed by atoms with van der Waals surface area (Å²) >= 11 is 0. The Balaban J connectivity index is 1.51. The van der Waals surface area contributed by atoms with Gasteiger partial charge in [0.2, 0.25) is 0 Å². The maximum atomic E-state index is 14.1. The Morgan fingerprint density at radius 1 is 1.21 bits per heavy atom. The van der Waals surface area contributed by atoms with Gasteiger partial charge in [0, 0.05) is 6.42 Å². The summed E-state index contributed by atoms with van der Waals surface area (Å²) in [6.07, 6.45) is 9.07. The van der Waals surface area contributed by atoms with E-state index >= 15 is 0 Å². The van der Waals surface area contributed by atoms with Crippen molar-refractivity contribution < 1.29 is 27.8 Å². The third-order valence-electron chi connectivity index (χ3n) is 8.72. The van der Waals surface area contributed by atoms with Crippen LogP contribution in [0.2, 0.25) is 0 Å². The first-order valence-electron chi connectivity index (χ1n) is 12.4. The number of rotatable bonds is 5. The minimum atomic E-state index is -4.69. The molecule has 3 unspecified atom stereocenters. The lowest BCUT2D eigenvalue weighted by Gasteiger charge is -2.43. The van der Waals surface area contributed by atoms with E-state index in [9.17, 15) is 27.8 Å². The standard InChI is InChI=1S/C28H36F4O2/c1-18-20(16-21(33)17-23(18)29)8-7-19-6-4-11-25(2)22(19)9-10-24(25)27(14-15-27)13-5-12-26(3,34)28(30,31)32/h5,7-8,10,12,21-23,33-34H,1,4,6,9,11,13-17H2,2-3H3/b12-5+,19-7+,20-8-/t21?,22?,23-,25-,26?/m0/s1. The smallest absolute Gasteiger partial charge is 0.393 e. The molecule has 0 heterocycles. The molecule has 0 saturated heterocycles. The number of fused-ring (bicyclic) bond motifs is 1. The average Bonchev–Trinajstić information content (AvgIpc) is 3.41. The molecule has 3 saturated carbocycles. The average molecular weight is 481 g/mol. The fraction of sp³-hybridized carbons (Fsp3) is 0.643. The zero-order valence-electron chi connectivity index (χ0n) is 20.1. The molecule has 4 aliphatic rings. The van der Waals surface area contributed by atoms with Crippen molar-refractivity contribution in [1.82, 2.24) is 0 Å². The Bertz CT molecular complexity index is 948. The zero-order chi connectivity index (χ0) is 24.9. The Hall–Kier alpha value is -1.66. The Kier molecular flexibility index (Phi) is 6.56. The second kappa shape index (κ2) is 8.77. The lowest BCUT2D eigenvalue weighted by Crippen LogP contribution is -2.40. The molecule has 4 rings (SSSR count). The minimum Gasteiger partial charge on any atom is -0.393 e. The van der Waals surface area contributed by atoms with Gasteiger partial charge in [0.05, 0.1) is 6.10 Å². The topological polar surface area (TPSA) is 40.5 Å².